The van der Waals surface area contributed by atoms with Crippen molar-refractivity contribution < 1.29 is 28.6 Å². The maximum Gasteiger partial charge on any atom is 0.306 e. The van der Waals surface area contributed by atoms with E-state index in [-0.39, 0.29) is 31.1 Å². The van der Waals surface area contributed by atoms with Gasteiger partial charge in [-0.25, -0.2) is 0 Å². The Morgan fingerprint density at radius 2 is 0.458 bits per heavy atom. The number of carbonyl (C=O) groups is 3. The third kappa shape index (κ3) is 59.0. The number of hydrogen-bond donors (Lipinski definition) is 0. The highest BCUT2D eigenvalue weighted by atomic mass is 16.6. The lowest BCUT2D eigenvalue weighted by atomic mass is 10.0. The number of hydrogen-bond acceptors (Lipinski definition) is 6. The molecule has 6 heteroatoms. The Hall–Kier alpha value is -1.85. The van der Waals surface area contributed by atoms with Crippen LogP contribution in [0.2, 0.25) is 0 Å². The molecular weight excluding hydrogens is 889 g/mol. The van der Waals surface area contributed by atoms with Crippen LogP contribution in [0.1, 0.15) is 374 Å². The molecular formula is C66H126O6. The molecule has 0 saturated heterocycles. The van der Waals surface area contributed by atoms with Crippen LogP contribution in [0.4, 0.5) is 0 Å². The molecule has 0 aromatic carbocycles. The van der Waals surface area contributed by atoms with E-state index >= 15 is 0 Å². The van der Waals surface area contributed by atoms with E-state index in [1.165, 1.54) is 270 Å². The second-order valence-electron chi connectivity index (χ2n) is 22.4. The van der Waals surface area contributed by atoms with Crippen LogP contribution >= 0.6 is 0 Å². The van der Waals surface area contributed by atoms with Gasteiger partial charge in [0.05, 0.1) is 0 Å². The predicted molar refractivity (Wildman–Crippen MR) is 312 cm³/mol. The SMILES string of the molecule is CCCCCCCCC/C=C\CCCCCCCC(=O)OC(COC(=O)CCCCCCCCCCCCCC)COC(=O)CCCCCCCCCCCCCCCCCCCCCCCCCCCC. The molecule has 0 aromatic rings. The Balaban J connectivity index is 4.17. The fourth-order valence-electron chi connectivity index (χ4n) is 10.1. The normalized spacial score (nSPS) is 12.0. The molecule has 1 unspecified atom stereocenters. The first kappa shape index (κ1) is 70.1. The third-order valence-electron chi connectivity index (χ3n) is 15.0. The number of esters is 3. The van der Waals surface area contributed by atoms with Crippen molar-refractivity contribution in [3.05, 3.63) is 12.2 Å². The molecule has 0 aliphatic heterocycles. The zero-order valence-electron chi connectivity index (χ0n) is 49.0. The van der Waals surface area contributed by atoms with Crippen LogP contribution in [0.25, 0.3) is 0 Å². The largest absolute Gasteiger partial charge is 0.462 e. The Kier molecular flexibility index (Phi) is 60.1. The van der Waals surface area contributed by atoms with Gasteiger partial charge >= 0.3 is 17.9 Å². The van der Waals surface area contributed by atoms with Gasteiger partial charge in [0.25, 0.3) is 0 Å². The smallest absolute Gasteiger partial charge is 0.306 e. The number of carbonyl (C=O) groups excluding carboxylic acids is 3. The van der Waals surface area contributed by atoms with Crippen LogP contribution in [0, 0.1) is 0 Å². The summed E-state index contributed by atoms with van der Waals surface area (Å²) in [6.07, 6.45) is 72.3. The van der Waals surface area contributed by atoms with Crippen molar-refractivity contribution in [1.29, 1.82) is 0 Å². The van der Waals surface area contributed by atoms with Gasteiger partial charge in [0.1, 0.15) is 13.2 Å². The fraction of sp³-hybridized carbons (Fsp3) is 0.924. The number of rotatable bonds is 61. The van der Waals surface area contributed by atoms with Gasteiger partial charge in [-0.15, -0.1) is 0 Å². The zero-order valence-corrected chi connectivity index (χ0v) is 49.0. The average molecular weight is 1020 g/mol. The molecule has 0 N–H and O–H groups in total. The van der Waals surface area contributed by atoms with E-state index in [0.29, 0.717) is 19.3 Å². The molecule has 0 aliphatic rings. The Morgan fingerprint density at radius 3 is 0.694 bits per heavy atom. The minimum Gasteiger partial charge on any atom is -0.462 e. The van der Waals surface area contributed by atoms with Gasteiger partial charge in [-0.1, -0.05) is 322 Å². The van der Waals surface area contributed by atoms with Crippen molar-refractivity contribution in [3.63, 3.8) is 0 Å². The topological polar surface area (TPSA) is 78.9 Å². The van der Waals surface area contributed by atoms with E-state index in [2.05, 4.69) is 32.9 Å². The number of ether oxygens (including phenoxy) is 3. The van der Waals surface area contributed by atoms with Crippen LogP contribution in [0.15, 0.2) is 12.2 Å². The molecule has 0 bridgehead atoms. The molecule has 0 saturated carbocycles. The zero-order chi connectivity index (χ0) is 52.2. The van der Waals surface area contributed by atoms with Gasteiger partial charge in [-0.2, -0.15) is 0 Å². The van der Waals surface area contributed by atoms with E-state index in [9.17, 15) is 14.4 Å². The fourth-order valence-corrected chi connectivity index (χ4v) is 10.1. The van der Waals surface area contributed by atoms with E-state index in [0.717, 1.165) is 64.2 Å². The summed E-state index contributed by atoms with van der Waals surface area (Å²) in [6, 6.07) is 0. The van der Waals surface area contributed by atoms with Gasteiger partial charge < -0.3 is 14.2 Å². The molecule has 72 heavy (non-hydrogen) atoms. The summed E-state index contributed by atoms with van der Waals surface area (Å²) in [5, 5.41) is 0. The molecule has 0 heterocycles. The summed E-state index contributed by atoms with van der Waals surface area (Å²) in [5.41, 5.74) is 0. The van der Waals surface area contributed by atoms with Gasteiger partial charge in [0, 0.05) is 19.3 Å². The van der Waals surface area contributed by atoms with Crippen molar-refractivity contribution in [2.75, 3.05) is 13.2 Å². The first-order valence-electron chi connectivity index (χ1n) is 32.7. The van der Waals surface area contributed by atoms with E-state index in [1.807, 2.05) is 0 Å². The maximum absolute atomic E-state index is 12.9. The summed E-state index contributed by atoms with van der Waals surface area (Å²) in [4.78, 5) is 38.2. The molecule has 6 nitrogen and oxygen atoms in total. The summed E-state index contributed by atoms with van der Waals surface area (Å²) < 4.78 is 16.9. The van der Waals surface area contributed by atoms with Crippen molar-refractivity contribution in [2.45, 2.75) is 380 Å². The van der Waals surface area contributed by atoms with Crippen molar-refractivity contribution in [3.8, 4) is 0 Å². The molecule has 426 valence electrons. The maximum atomic E-state index is 12.9. The predicted octanol–water partition coefficient (Wildman–Crippen LogP) is 22.1. The highest BCUT2D eigenvalue weighted by Crippen LogP contribution is 2.18. The minimum atomic E-state index is -0.769. The minimum absolute atomic E-state index is 0.0671. The van der Waals surface area contributed by atoms with Crippen LogP contribution in [0.3, 0.4) is 0 Å². The van der Waals surface area contributed by atoms with Crippen molar-refractivity contribution in [1.82, 2.24) is 0 Å². The van der Waals surface area contributed by atoms with E-state index < -0.39 is 6.10 Å². The Morgan fingerprint density at radius 1 is 0.264 bits per heavy atom. The number of unbranched alkanes of at least 4 members (excludes halogenated alkanes) is 48. The second-order valence-corrected chi connectivity index (χ2v) is 22.4. The van der Waals surface area contributed by atoms with Crippen LogP contribution in [-0.4, -0.2) is 37.2 Å². The molecule has 0 aromatic heterocycles. The molecule has 0 spiro atoms. The standard InChI is InChI=1S/C66H126O6/c1-4-7-10-13-16-19-22-25-27-29-30-31-32-33-34-35-36-37-38-40-41-44-47-50-53-56-59-65(68)71-62-63(61-70-64(67)58-55-52-49-46-43-24-21-18-15-12-9-6-3)72-66(69)60-57-54-51-48-45-42-39-28-26-23-20-17-14-11-8-5-2/h28,39,63H,4-27,29-38,40-62H2,1-3H3/b39-28-. The Labute approximate surface area is 450 Å². The molecule has 0 radical (unpaired) electrons. The van der Waals surface area contributed by atoms with Gasteiger partial charge in [0.15, 0.2) is 6.10 Å². The molecule has 0 aliphatic carbocycles. The van der Waals surface area contributed by atoms with Gasteiger partial charge in [0.2, 0.25) is 0 Å². The van der Waals surface area contributed by atoms with Crippen molar-refractivity contribution >= 4 is 17.9 Å². The summed E-state index contributed by atoms with van der Waals surface area (Å²) in [6.45, 7) is 6.70. The lowest BCUT2D eigenvalue weighted by molar-refractivity contribution is -0.167. The first-order chi connectivity index (χ1) is 35.5. The monoisotopic (exact) mass is 1010 g/mol. The molecule has 0 fully saturated rings. The molecule has 0 rings (SSSR count). The summed E-state index contributed by atoms with van der Waals surface area (Å²) >= 11 is 0. The highest BCUT2D eigenvalue weighted by molar-refractivity contribution is 5.71. The Bertz CT molecular complexity index is 1120. The second kappa shape index (κ2) is 61.7. The number of allylic oxidation sites excluding steroid dienone is 2. The summed E-state index contributed by atoms with van der Waals surface area (Å²) in [5.74, 6) is -0.847. The van der Waals surface area contributed by atoms with Crippen LogP contribution in [0.5, 0.6) is 0 Å². The quantitative estimate of drug-likeness (QED) is 0.0261. The van der Waals surface area contributed by atoms with Crippen LogP contribution < -0.4 is 0 Å². The third-order valence-corrected chi connectivity index (χ3v) is 15.0. The van der Waals surface area contributed by atoms with E-state index in [1.54, 1.807) is 0 Å². The molecule has 0 amide bonds. The van der Waals surface area contributed by atoms with Crippen LogP contribution in [-0.2, 0) is 28.6 Å². The highest BCUT2D eigenvalue weighted by Gasteiger charge is 2.19. The van der Waals surface area contributed by atoms with Crippen molar-refractivity contribution in [2.24, 2.45) is 0 Å². The van der Waals surface area contributed by atoms with Gasteiger partial charge in [-0.3, -0.25) is 14.4 Å². The molecule has 1 atom stereocenters. The lowest BCUT2D eigenvalue weighted by Gasteiger charge is -2.18. The summed E-state index contributed by atoms with van der Waals surface area (Å²) in [7, 11) is 0. The average Bonchev–Trinajstić information content (AvgIpc) is 3.38. The van der Waals surface area contributed by atoms with Gasteiger partial charge in [-0.05, 0) is 44.9 Å². The first-order valence-corrected chi connectivity index (χ1v) is 32.7. The van der Waals surface area contributed by atoms with E-state index in [4.69, 9.17) is 14.2 Å². The lowest BCUT2D eigenvalue weighted by Crippen LogP contribution is -2.30.